The van der Waals surface area contributed by atoms with Gasteiger partial charge in [0.05, 0.1) is 12.8 Å². The third kappa shape index (κ3) is 5.65. The first-order valence-corrected chi connectivity index (χ1v) is 7.51. The molecule has 0 radical (unpaired) electrons. The minimum absolute atomic E-state index is 0.237. The van der Waals surface area contributed by atoms with Crippen LogP contribution < -0.4 is 4.74 Å². The number of carbonyl (C=O) groups is 2. The smallest absolute Gasteiger partial charge is 0.343 e. The van der Waals surface area contributed by atoms with E-state index in [0.29, 0.717) is 31.5 Å². The maximum Gasteiger partial charge on any atom is 0.343 e. The summed E-state index contributed by atoms with van der Waals surface area (Å²) in [7, 11) is 3.27. The molecule has 0 heterocycles. The first-order valence-electron chi connectivity index (χ1n) is 7.51. The van der Waals surface area contributed by atoms with Crippen LogP contribution in [0.4, 0.5) is 4.79 Å². The molecule has 0 aliphatic heterocycles. The molecule has 0 spiro atoms. The van der Waals surface area contributed by atoms with Crippen molar-refractivity contribution in [3.8, 4) is 5.75 Å². The summed E-state index contributed by atoms with van der Waals surface area (Å²) >= 11 is 0. The van der Waals surface area contributed by atoms with E-state index in [1.807, 2.05) is 38.1 Å². The highest BCUT2D eigenvalue weighted by atomic mass is 16.5. The van der Waals surface area contributed by atoms with E-state index in [2.05, 4.69) is 9.98 Å². The molecule has 0 fully saturated rings. The summed E-state index contributed by atoms with van der Waals surface area (Å²) in [6.45, 7) is 4.56. The lowest BCUT2D eigenvalue weighted by Gasteiger charge is -2.15. The Morgan fingerprint density at radius 3 is 2.39 bits per heavy atom. The highest BCUT2D eigenvalue weighted by Crippen LogP contribution is 2.13. The van der Waals surface area contributed by atoms with Crippen molar-refractivity contribution < 1.29 is 14.3 Å². The molecule has 0 saturated carbocycles. The second-order valence-corrected chi connectivity index (χ2v) is 4.88. The van der Waals surface area contributed by atoms with Crippen LogP contribution in [-0.4, -0.2) is 49.3 Å². The van der Waals surface area contributed by atoms with Crippen molar-refractivity contribution in [2.75, 3.05) is 20.7 Å². The number of carbonyl (C=O) groups excluding carboxylic acids is 2. The number of benzene rings is 1. The SMILES string of the molecule is CCN=C(C=O)C(CC)=NC(=O)N(C)Cc1ccc(OC)cc1. The Morgan fingerprint density at radius 1 is 1.26 bits per heavy atom. The van der Waals surface area contributed by atoms with E-state index in [1.165, 1.54) is 4.90 Å². The van der Waals surface area contributed by atoms with Crippen molar-refractivity contribution in [3.05, 3.63) is 29.8 Å². The molecule has 2 amide bonds. The van der Waals surface area contributed by atoms with E-state index in [0.717, 1.165) is 11.3 Å². The molecule has 6 nitrogen and oxygen atoms in total. The molecule has 0 saturated heterocycles. The van der Waals surface area contributed by atoms with Gasteiger partial charge in [-0.3, -0.25) is 9.79 Å². The molecule has 0 unspecified atom stereocenters. The number of urea groups is 1. The van der Waals surface area contributed by atoms with Gasteiger partial charge < -0.3 is 9.64 Å². The van der Waals surface area contributed by atoms with E-state index < -0.39 is 6.03 Å². The average Bonchev–Trinajstić information content (AvgIpc) is 2.58. The Hall–Kier alpha value is -2.50. The summed E-state index contributed by atoms with van der Waals surface area (Å²) in [5, 5.41) is 0. The van der Waals surface area contributed by atoms with Gasteiger partial charge in [0.2, 0.25) is 0 Å². The van der Waals surface area contributed by atoms with Crippen molar-refractivity contribution in [3.63, 3.8) is 0 Å². The molecule has 0 aromatic heterocycles. The van der Waals surface area contributed by atoms with Crippen molar-refractivity contribution in [1.82, 2.24) is 4.90 Å². The van der Waals surface area contributed by atoms with Crippen LogP contribution in [0.3, 0.4) is 0 Å². The van der Waals surface area contributed by atoms with Gasteiger partial charge in [-0.25, -0.2) is 4.79 Å². The summed E-state index contributed by atoms with van der Waals surface area (Å²) in [6.07, 6.45) is 1.11. The maximum absolute atomic E-state index is 12.2. The molecule has 1 aromatic rings. The van der Waals surface area contributed by atoms with E-state index in [4.69, 9.17) is 4.74 Å². The molecule has 124 valence electrons. The molecular formula is C17H23N3O3. The van der Waals surface area contributed by atoms with E-state index >= 15 is 0 Å². The second kappa shape index (κ2) is 9.50. The van der Waals surface area contributed by atoms with Gasteiger partial charge in [0.15, 0.2) is 6.29 Å². The number of rotatable bonds is 7. The maximum atomic E-state index is 12.2. The minimum atomic E-state index is -0.400. The third-order valence-electron chi connectivity index (χ3n) is 3.21. The average molecular weight is 317 g/mol. The summed E-state index contributed by atoms with van der Waals surface area (Å²) < 4.78 is 5.10. The number of ether oxygens (including phenoxy) is 1. The third-order valence-corrected chi connectivity index (χ3v) is 3.21. The van der Waals surface area contributed by atoms with Gasteiger partial charge in [-0.05, 0) is 31.0 Å². The van der Waals surface area contributed by atoms with Crippen LogP contribution in [0.2, 0.25) is 0 Å². The highest BCUT2D eigenvalue weighted by molar-refractivity contribution is 6.62. The van der Waals surface area contributed by atoms with Crippen LogP contribution in [0.15, 0.2) is 34.3 Å². The van der Waals surface area contributed by atoms with Gasteiger partial charge in [-0.2, -0.15) is 4.99 Å². The zero-order valence-corrected chi connectivity index (χ0v) is 14.1. The summed E-state index contributed by atoms with van der Waals surface area (Å²) in [4.78, 5) is 32.8. The van der Waals surface area contributed by atoms with Gasteiger partial charge in [-0.15, -0.1) is 0 Å². The topological polar surface area (TPSA) is 71.3 Å². The van der Waals surface area contributed by atoms with Gasteiger partial charge in [0.25, 0.3) is 0 Å². The fourth-order valence-corrected chi connectivity index (χ4v) is 1.96. The predicted octanol–water partition coefficient (Wildman–Crippen LogP) is 2.76. The molecule has 1 rings (SSSR count). The first-order chi connectivity index (χ1) is 11.0. The lowest BCUT2D eigenvalue weighted by Crippen LogP contribution is -2.26. The number of hydrogen-bond donors (Lipinski definition) is 0. The molecule has 0 N–H and O–H groups in total. The molecular weight excluding hydrogens is 294 g/mol. The van der Waals surface area contributed by atoms with Crippen LogP contribution in [0, 0.1) is 0 Å². The van der Waals surface area contributed by atoms with Gasteiger partial charge in [0.1, 0.15) is 11.5 Å². The highest BCUT2D eigenvalue weighted by Gasteiger charge is 2.12. The summed E-state index contributed by atoms with van der Waals surface area (Å²) in [5.41, 5.74) is 1.61. The lowest BCUT2D eigenvalue weighted by atomic mass is 10.2. The van der Waals surface area contributed by atoms with Crippen molar-refractivity contribution in [2.24, 2.45) is 9.98 Å². The fourth-order valence-electron chi connectivity index (χ4n) is 1.96. The molecule has 23 heavy (non-hydrogen) atoms. The number of methoxy groups -OCH3 is 1. The Labute approximate surface area is 136 Å². The number of nitrogens with zero attached hydrogens (tertiary/aromatic N) is 3. The lowest BCUT2D eigenvalue weighted by molar-refractivity contribution is -0.102. The largest absolute Gasteiger partial charge is 0.497 e. The van der Waals surface area contributed by atoms with Crippen LogP contribution in [-0.2, 0) is 11.3 Å². The summed E-state index contributed by atoms with van der Waals surface area (Å²) in [6, 6.07) is 7.06. The zero-order valence-electron chi connectivity index (χ0n) is 14.1. The number of aldehydes is 1. The summed E-state index contributed by atoms with van der Waals surface area (Å²) in [5.74, 6) is 0.764. The Balaban J connectivity index is 2.83. The Kier molecular flexibility index (Phi) is 7.66. The zero-order chi connectivity index (χ0) is 17.2. The molecule has 0 aliphatic rings. The van der Waals surface area contributed by atoms with Crippen molar-refractivity contribution in [1.29, 1.82) is 0 Å². The van der Waals surface area contributed by atoms with Crippen LogP contribution in [0.25, 0.3) is 0 Å². The molecule has 0 bridgehead atoms. The fraction of sp³-hybridized carbons (Fsp3) is 0.412. The molecule has 6 heteroatoms. The van der Waals surface area contributed by atoms with Crippen LogP contribution in [0.5, 0.6) is 5.75 Å². The quantitative estimate of drug-likeness (QED) is 0.573. The Morgan fingerprint density at radius 2 is 1.91 bits per heavy atom. The predicted molar refractivity (Wildman–Crippen MR) is 91.6 cm³/mol. The van der Waals surface area contributed by atoms with Gasteiger partial charge in [0, 0.05) is 20.1 Å². The molecule has 0 aliphatic carbocycles. The van der Waals surface area contributed by atoms with Crippen LogP contribution >= 0.6 is 0 Å². The van der Waals surface area contributed by atoms with Gasteiger partial charge in [-0.1, -0.05) is 19.1 Å². The first kappa shape index (κ1) is 18.5. The van der Waals surface area contributed by atoms with Crippen LogP contribution in [0.1, 0.15) is 25.8 Å². The van der Waals surface area contributed by atoms with Crippen molar-refractivity contribution in [2.45, 2.75) is 26.8 Å². The second-order valence-electron chi connectivity index (χ2n) is 4.88. The standard InChI is InChI=1S/C17H23N3O3/c1-5-15(16(12-21)18-6-2)19-17(22)20(3)11-13-7-9-14(23-4)10-8-13/h7-10,12H,5-6,11H2,1-4H3. The normalized spacial score (nSPS) is 12.0. The minimum Gasteiger partial charge on any atom is -0.497 e. The molecule has 0 atom stereocenters. The monoisotopic (exact) mass is 317 g/mol. The van der Waals surface area contributed by atoms with E-state index in [-0.39, 0.29) is 5.71 Å². The number of amides is 2. The van der Waals surface area contributed by atoms with E-state index in [1.54, 1.807) is 14.2 Å². The van der Waals surface area contributed by atoms with Crippen molar-refractivity contribution >= 4 is 23.7 Å². The number of hydrogen-bond acceptors (Lipinski definition) is 4. The number of aliphatic imine (C=N–C) groups is 2. The Bertz CT molecular complexity index is 592. The van der Waals surface area contributed by atoms with E-state index in [9.17, 15) is 9.59 Å². The van der Waals surface area contributed by atoms with Gasteiger partial charge >= 0.3 is 6.03 Å². The molecule has 1 aromatic carbocycles.